The molecule has 0 spiro atoms. The summed E-state index contributed by atoms with van der Waals surface area (Å²) in [5, 5.41) is 2.47. The smallest absolute Gasteiger partial charge is 0.0379 e. The molecule has 1 aromatic carbocycles. The molecule has 2 aromatic rings. The van der Waals surface area contributed by atoms with Crippen molar-refractivity contribution in [3.63, 3.8) is 0 Å². The predicted octanol–water partition coefficient (Wildman–Crippen LogP) is 5.62. The second-order valence-electron chi connectivity index (χ2n) is 2.67. The van der Waals surface area contributed by atoms with Crippen LogP contribution >= 0.6 is 0 Å². The number of hydrogen-bond donors (Lipinski definition) is 0. The maximum Gasteiger partial charge on any atom is 0.0379 e. The Bertz CT molecular complexity index is 380. The number of pyridine rings is 1. The van der Waals surface area contributed by atoms with Crippen molar-refractivity contribution in [1.82, 2.24) is 4.98 Å². The highest BCUT2D eigenvalue weighted by atomic mass is 14.6. The second kappa shape index (κ2) is 12.7. The Balaban J connectivity index is 0. The molecule has 0 aliphatic carbocycles. The van der Waals surface area contributed by atoms with Gasteiger partial charge in [0.15, 0.2) is 0 Å². The van der Waals surface area contributed by atoms with Gasteiger partial charge >= 0.3 is 0 Å². The monoisotopic (exact) mass is 233 g/mol. The van der Waals surface area contributed by atoms with Gasteiger partial charge in [0.1, 0.15) is 0 Å². The van der Waals surface area contributed by atoms with Crippen molar-refractivity contribution in [2.24, 2.45) is 0 Å². The molecule has 0 bridgehead atoms. The number of rotatable bonds is 0. The Hall–Kier alpha value is -1.37. The largest absolute Gasteiger partial charge is 0.261 e. The van der Waals surface area contributed by atoms with E-state index in [-0.39, 0.29) is 0 Å². The highest BCUT2D eigenvalue weighted by Gasteiger charge is 1.90. The van der Waals surface area contributed by atoms with Gasteiger partial charge in [0, 0.05) is 17.3 Å². The summed E-state index contributed by atoms with van der Waals surface area (Å²) >= 11 is 0. The van der Waals surface area contributed by atoms with Crippen molar-refractivity contribution in [2.75, 3.05) is 0 Å². The van der Waals surface area contributed by atoms with Crippen LogP contribution in [0, 0.1) is 6.92 Å². The predicted molar refractivity (Wildman–Crippen MR) is 80.5 cm³/mol. The molecule has 0 aliphatic heterocycles. The summed E-state index contributed by atoms with van der Waals surface area (Å²) in [5.74, 6) is 0. The number of aryl methyl sites for hydroxylation is 1. The third-order valence-electron chi connectivity index (χ3n) is 1.77. The number of fused-ring (bicyclic) bond motifs is 1. The molecule has 1 nitrogen and oxygen atoms in total. The SMILES string of the molecule is CC.CC.CC.Cc1cc2ccccc2cn1. The van der Waals surface area contributed by atoms with Crippen LogP contribution < -0.4 is 0 Å². The normalized spacial score (nSPS) is 7.71. The average molecular weight is 233 g/mol. The fraction of sp³-hybridized carbons (Fsp3) is 0.438. The van der Waals surface area contributed by atoms with E-state index in [1.165, 1.54) is 10.8 Å². The molecule has 1 heterocycles. The highest BCUT2D eigenvalue weighted by Crippen LogP contribution is 2.12. The van der Waals surface area contributed by atoms with E-state index in [1.54, 1.807) is 0 Å². The van der Waals surface area contributed by atoms with Crippen LogP contribution in [0.5, 0.6) is 0 Å². The molecule has 2 rings (SSSR count). The van der Waals surface area contributed by atoms with Gasteiger partial charge in [-0.05, 0) is 18.4 Å². The number of aromatic nitrogens is 1. The molecule has 0 unspecified atom stereocenters. The second-order valence-corrected chi connectivity index (χ2v) is 2.67. The summed E-state index contributed by atoms with van der Waals surface area (Å²) in [6, 6.07) is 10.3. The van der Waals surface area contributed by atoms with Crippen LogP contribution in [0.4, 0.5) is 0 Å². The summed E-state index contributed by atoms with van der Waals surface area (Å²) in [6.07, 6.45) is 1.91. The average Bonchev–Trinajstić information content (AvgIpc) is 2.45. The molecule has 0 aliphatic rings. The van der Waals surface area contributed by atoms with Crippen molar-refractivity contribution in [3.8, 4) is 0 Å². The zero-order valence-electron chi connectivity index (χ0n) is 12.4. The van der Waals surface area contributed by atoms with E-state index in [4.69, 9.17) is 0 Å². The molecule has 0 saturated heterocycles. The molecule has 0 saturated carbocycles. The molecule has 0 fully saturated rings. The van der Waals surface area contributed by atoms with E-state index in [0.29, 0.717) is 0 Å². The van der Waals surface area contributed by atoms with Crippen molar-refractivity contribution in [2.45, 2.75) is 48.5 Å². The first-order valence-electron chi connectivity index (χ1n) is 6.68. The van der Waals surface area contributed by atoms with Gasteiger partial charge in [-0.1, -0.05) is 65.8 Å². The molecule has 0 atom stereocenters. The summed E-state index contributed by atoms with van der Waals surface area (Å²) in [6.45, 7) is 14.0. The fourth-order valence-electron chi connectivity index (χ4n) is 1.19. The Labute approximate surface area is 107 Å². The Morgan fingerprint density at radius 3 is 1.76 bits per heavy atom. The van der Waals surface area contributed by atoms with Crippen molar-refractivity contribution in [3.05, 3.63) is 42.2 Å². The topological polar surface area (TPSA) is 12.9 Å². The first-order chi connectivity index (χ1) is 8.36. The van der Waals surface area contributed by atoms with Crippen LogP contribution in [0.3, 0.4) is 0 Å². The molecule has 0 radical (unpaired) electrons. The van der Waals surface area contributed by atoms with Gasteiger partial charge < -0.3 is 0 Å². The summed E-state index contributed by atoms with van der Waals surface area (Å²) in [7, 11) is 0. The zero-order valence-corrected chi connectivity index (χ0v) is 12.4. The maximum absolute atomic E-state index is 4.21. The molecule has 0 N–H and O–H groups in total. The fourth-order valence-corrected chi connectivity index (χ4v) is 1.19. The van der Waals surface area contributed by atoms with Crippen LogP contribution in [0.25, 0.3) is 10.8 Å². The van der Waals surface area contributed by atoms with Gasteiger partial charge in [0.25, 0.3) is 0 Å². The molecule has 0 amide bonds. The maximum atomic E-state index is 4.21. The minimum Gasteiger partial charge on any atom is -0.261 e. The van der Waals surface area contributed by atoms with Gasteiger partial charge in [0.05, 0.1) is 0 Å². The molecule has 1 aromatic heterocycles. The van der Waals surface area contributed by atoms with Crippen molar-refractivity contribution >= 4 is 10.8 Å². The van der Waals surface area contributed by atoms with Crippen LogP contribution in [-0.4, -0.2) is 4.98 Å². The Morgan fingerprint density at radius 1 is 0.765 bits per heavy atom. The zero-order chi connectivity index (χ0) is 13.7. The van der Waals surface area contributed by atoms with Crippen molar-refractivity contribution < 1.29 is 0 Å². The van der Waals surface area contributed by atoms with Gasteiger partial charge in [-0.15, -0.1) is 0 Å². The lowest BCUT2D eigenvalue weighted by atomic mass is 10.1. The first kappa shape index (κ1) is 18.0. The third kappa shape index (κ3) is 6.72. The summed E-state index contributed by atoms with van der Waals surface area (Å²) in [5.41, 5.74) is 1.07. The minimum atomic E-state index is 1.07. The standard InChI is InChI=1S/C10H9N.3C2H6/c1-8-6-9-4-2-3-5-10(9)7-11-8;3*1-2/h2-7H,1H3;3*1-2H3. The lowest BCUT2D eigenvalue weighted by Gasteiger charge is -1.96. The van der Waals surface area contributed by atoms with Crippen molar-refractivity contribution in [1.29, 1.82) is 0 Å². The quantitative estimate of drug-likeness (QED) is 0.575. The molecular formula is C16H27N. The molecule has 1 heteroatoms. The number of hydrogen-bond acceptors (Lipinski definition) is 1. The highest BCUT2D eigenvalue weighted by molar-refractivity contribution is 5.81. The van der Waals surface area contributed by atoms with Crippen LogP contribution in [-0.2, 0) is 0 Å². The van der Waals surface area contributed by atoms with Crippen LogP contribution in [0.2, 0.25) is 0 Å². The molecule has 17 heavy (non-hydrogen) atoms. The van der Waals surface area contributed by atoms with Crippen LogP contribution in [0.15, 0.2) is 36.5 Å². The minimum absolute atomic E-state index is 1.07. The molecular weight excluding hydrogens is 206 g/mol. The van der Waals surface area contributed by atoms with Gasteiger partial charge in [-0.25, -0.2) is 0 Å². The van der Waals surface area contributed by atoms with Gasteiger partial charge in [0.2, 0.25) is 0 Å². The third-order valence-corrected chi connectivity index (χ3v) is 1.77. The van der Waals surface area contributed by atoms with E-state index in [9.17, 15) is 0 Å². The Kier molecular flexibility index (Phi) is 13.5. The number of benzene rings is 1. The lowest BCUT2D eigenvalue weighted by molar-refractivity contribution is 1.22. The summed E-state index contributed by atoms with van der Waals surface area (Å²) < 4.78 is 0. The van der Waals surface area contributed by atoms with Gasteiger partial charge in [-0.3, -0.25) is 4.98 Å². The summed E-state index contributed by atoms with van der Waals surface area (Å²) in [4.78, 5) is 4.21. The van der Waals surface area contributed by atoms with E-state index >= 15 is 0 Å². The van der Waals surface area contributed by atoms with Crippen LogP contribution in [0.1, 0.15) is 47.2 Å². The van der Waals surface area contributed by atoms with E-state index in [1.807, 2.05) is 66.8 Å². The number of nitrogens with zero attached hydrogens (tertiary/aromatic N) is 1. The van der Waals surface area contributed by atoms with E-state index in [0.717, 1.165) is 5.69 Å². The Morgan fingerprint density at radius 2 is 1.24 bits per heavy atom. The molecule has 96 valence electrons. The van der Waals surface area contributed by atoms with E-state index < -0.39 is 0 Å². The first-order valence-corrected chi connectivity index (χ1v) is 6.68. The van der Waals surface area contributed by atoms with Gasteiger partial charge in [-0.2, -0.15) is 0 Å². The van der Waals surface area contributed by atoms with E-state index in [2.05, 4.69) is 23.2 Å². The lowest BCUT2D eigenvalue weighted by Crippen LogP contribution is -1.79.